The third-order valence-corrected chi connectivity index (χ3v) is 3.62. The molecule has 0 bridgehead atoms. The Balaban J connectivity index is 2.04. The number of aryl methyl sites for hydroxylation is 1. The highest BCUT2D eigenvalue weighted by molar-refractivity contribution is 5.33. The van der Waals surface area contributed by atoms with Gasteiger partial charge in [-0.2, -0.15) is 5.26 Å². The molecule has 2 nitrogen and oxygen atoms in total. The SMILES string of the molecule is Cc1ccc([C@H](C)NC(C)c2ccc(C#N)cc2)cc1. The van der Waals surface area contributed by atoms with Gasteiger partial charge in [-0.3, -0.25) is 0 Å². The molecule has 0 aliphatic carbocycles. The maximum atomic E-state index is 8.82. The lowest BCUT2D eigenvalue weighted by molar-refractivity contribution is 0.494. The first kappa shape index (κ1) is 14.3. The standard InChI is InChI=1S/C18H20N2/c1-13-4-8-17(9-5-13)14(2)20-15(3)18-10-6-16(12-19)7-11-18/h4-11,14-15,20H,1-3H3/t14-,15?/m0/s1. The minimum atomic E-state index is 0.249. The van der Waals surface area contributed by atoms with Crippen molar-refractivity contribution in [2.75, 3.05) is 0 Å². The second-order valence-electron chi connectivity index (χ2n) is 5.25. The van der Waals surface area contributed by atoms with Crippen LogP contribution >= 0.6 is 0 Å². The zero-order valence-corrected chi connectivity index (χ0v) is 12.2. The Morgan fingerprint density at radius 1 is 0.850 bits per heavy atom. The van der Waals surface area contributed by atoms with Crippen molar-refractivity contribution in [1.29, 1.82) is 5.26 Å². The average Bonchev–Trinajstić information content (AvgIpc) is 2.48. The van der Waals surface area contributed by atoms with Gasteiger partial charge in [0.15, 0.2) is 0 Å². The zero-order chi connectivity index (χ0) is 14.5. The molecule has 0 aliphatic heterocycles. The van der Waals surface area contributed by atoms with Gasteiger partial charge in [-0.05, 0) is 44.0 Å². The van der Waals surface area contributed by atoms with Crippen LogP contribution in [0.25, 0.3) is 0 Å². The molecule has 2 aromatic rings. The van der Waals surface area contributed by atoms with Gasteiger partial charge in [0.2, 0.25) is 0 Å². The number of rotatable bonds is 4. The molecule has 0 amide bonds. The van der Waals surface area contributed by atoms with Gasteiger partial charge in [-0.1, -0.05) is 42.0 Å². The van der Waals surface area contributed by atoms with E-state index in [4.69, 9.17) is 5.26 Å². The van der Waals surface area contributed by atoms with Crippen molar-refractivity contribution in [2.24, 2.45) is 0 Å². The number of hydrogen-bond acceptors (Lipinski definition) is 2. The van der Waals surface area contributed by atoms with Crippen LogP contribution in [0.3, 0.4) is 0 Å². The van der Waals surface area contributed by atoms with Crippen molar-refractivity contribution < 1.29 is 0 Å². The van der Waals surface area contributed by atoms with Gasteiger partial charge in [0.1, 0.15) is 0 Å². The van der Waals surface area contributed by atoms with E-state index in [0.717, 1.165) is 0 Å². The Morgan fingerprint density at radius 2 is 1.30 bits per heavy atom. The number of nitrogens with one attached hydrogen (secondary N) is 1. The number of hydrogen-bond donors (Lipinski definition) is 1. The van der Waals surface area contributed by atoms with Gasteiger partial charge in [0, 0.05) is 12.1 Å². The van der Waals surface area contributed by atoms with E-state index in [2.05, 4.69) is 56.4 Å². The Bertz CT molecular complexity index is 591. The summed E-state index contributed by atoms with van der Waals surface area (Å²) in [4.78, 5) is 0. The molecule has 102 valence electrons. The Morgan fingerprint density at radius 3 is 1.75 bits per heavy atom. The highest BCUT2D eigenvalue weighted by atomic mass is 14.9. The van der Waals surface area contributed by atoms with Crippen molar-refractivity contribution in [3.05, 3.63) is 70.8 Å². The third kappa shape index (κ3) is 3.46. The third-order valence-electron chi connectivity index (χ3n) is 3.62. The van der Waals surface area contributed by atoms with Gasteiger partial charge in [-0.25, -0.2) is 0 Å². The minimum Gasteiger partial charge on any atom is -0.304 e. The summed E-state index contributed by atoms with van der Waals surface area (Å²) < 4.78 is 0. The van der Waals surface area contributed by atoms with Crippen LogP contribution in [0.5, 0.6) is 0 Å². The first-order chi connectivity index (χ1) is 9.60. The average molecular weight is 264 g/mol. The highest BCUT2D eigenvalue weighted by Gasteiger charge is 2.10. The van der Waals surface area contributed by atoms with Crippen LogP contribution in [0.1, 0.15) is 48.2 Å². The molecule has 20 heavy (non-hydrogen) atoms. The van der Waals surface area contributed by atoms with E-state index in [9.17, 15) is 0 Å². The van der Waals surface area contributed by atoms with Crippen LogP contribution in [-0.2, 0) is 0 Å². The predicted octanol–water partition coefficient (Wildman–Crippen LogP) is 4.28. The molecular formula is C18H20N2. The van der Waals surface area contributed by atoms with Gasteiger partial charge in [0.05, 0.1) is 11.6 Å². The summed E-state index contributed by atoms with van der Waals surface area (Å²) in [7, 11) is 0. The van der Waals surface area contributed by atoms with E-state index < -0.39 is 0 Å². The molecule has 0 aliphatic rings. The molecule has 0 heterocycles. The van der Waals surface area contributed by atoms with Crippen molar-refractivity contribution >= 4 is 0 Å². The van der Waals surface area contributed by atoms with Crippen LogP contribution in [-0.4, -0.2) is 0 Å². The number of nitriles is 1. The topological polar surface area (TPSA) is 35.8 Å². The maximum Gasteiger partial charge on any atom is 0.0991 e. The Hall–Kier alpha value is -2.11. The first-order valence-corrected chi connectivity index (χ1v) is 6.93. The minimum absolute atomic E-state index is 0.249. The molecule has 1 N–H and O–H groups in total. The lowest BCUT2D eigenvalue weighted by Gasteiger charge is -2.21. The molecule has 0 saturated carbocycles. The quantitative estimate of drug-likeness (QED) is 0.894. The summed E-state index contributed by atoms with van der Waals surface area (Å²) in [5.41, 5.74) is 4.47. The van der Waals surface area contributed by atoms with Crippen LogP contribution in [0.4, 0.5) is 0 Å². The van der Waals surface area contributed by atoms with E-state index >= 15 is 0 Å². The van der Waals surface area contributed by atoms with Gasteiger partial charge in [0.25, 0.3) is 0 Å². The second-order valence-corrected chi connectivity index (χ2v) is 5.25. The second kappa shape index (κ2) is 6.36. The van der Waals surface area contributed by atoms with E-state index in [1.165, 1.54) is 16.7 Å². The fraction of sp³-hybridized carbons (Fsp3) is 0.278. The molecule has 0 saturated heterocycles. The van der Waals surface area contributed by atoms with E-state index in [1.807, 2.05) is 24.3 Å². The lowest BCUT2D eigenvalue weighted by Crippen LogP contribution is -2.22. The van der Waals surface area contributed by atoms with E-state index in [-0.39, 0.29) is 6.04 Å². The normalized spacial score (nSPS) is 13.5. The fourth-order valence-corrected chi connectivity index (χ4v) is 2.27. The zero-order valence-electron chi connectivity index (χ0n) is 12.2. The molecule has 2 atom stereocenters. The molecular weight excluding hydrogens is 244 g/mol. The van der Waals surface area contributed by atoms with Crippen LogP contribution in [0.15, 0.2) is 48.5 Å². The van der Waals surface area contributed by atoms with E-state index in [0.29, 0.717) is 11.6 Å². The summed E-state index contributed by atoms with van der Waals surface area (Å²) in [6.45, 7) is 6.41. The van der Waals surface area contributed by atoms with Crippen LogP contribution in [0, 0.1) is 18.3 Å². The maximum absolute atomic E-state index is 8.82. The van der Waals surface area contributed by atoms with Crippen LogP contribution in [0.2, 0.25) is 0 Å². The Labute approximate surface area is 121 Å². The monoisotopic (exact) mass is 264 g/mol. The summed E-state index contributed by atoms with van der Waals surface area (Å²) >= 11 is 0. The predicted molar refractivity (Wildman–Crippen MR) is 82.3 cm³/mol. The van der Waals surface area contributed by atoms with E-state index in [1.54, 1.807) is 0 Å². The smallest absolute Gasteiger partial charge is 0.0991 e. The molecule has 0 spiro atoms. The van der Waals surface area contributed by atoms with Gasteiger partial charge < -0.3 is 5.32 Å². The molecule has 0 aromatic heterocycles. The molecule has 0 fully saturated rings. The van der Waals surface area contributed by atoms with Gasteiger partial charge in [-0.15, -0.1) is 0 Å². The molecule has 1 unspecified atom stereocenters. The molecule has 0 radical (unpaired) electrons. The molecule has 2 rings (SSSR count). The summed E-state index contributed by atoms with van der Waals surface area (Å²) in [6.07, 6.45) is 0. The highest BCUT2D eigenvalue weighted by Crippen LogP contribution is 2.20. The van der Waals surface area contributed by atoms with Crippen molar-refractivity contribution in [1.82, 2.24) is 5.32 Å². The first-order valence-electron chi connectivity index (χ1n) is 6.93. The number of benzene rings is 2. The Kier molecular flexibility index (Phi) is 4.55. The van der Waals surface area contributed by atoms with Crippen molar-refractivity contribution in [3.63, 3.8) is 0 Å². The van der Waals surface area contributed by atoms with Gasteiger partial charge >= 0.3 is 0 Å². The molecule has 2 heteroatoms. The number of nitrogens with zero attached hydrogens (tertiary/aromatic N) is 1. The van der Waals surface area contributed by atoms with Crippen molar-refractivity contribution in [2.45, 2.75) is 32.9 Å². The largest absolute Gasteiger partial charge is 0.304 e. The lowest BCUT2D eigenvalue weighted by atomic mass is 10.0. The van der Waals surface area contributed by atoms with Crippen LogP contribution < -0.4 is 5.32 Å². The fourth-order valence-electron chi connectivity index (χ4n) is 2.27. The summed E-state index contributed by atoms with van der Waals surface area (Å²) in [5.74, 6) is 0. The molecule has 2 aromatic carbocycles. The summed E-state index contributed by atoms with van der Waals surface area (Å²) in [5, 5.41) is 12.4. The van der Waals surface area contributed by atoms with Crippen molar-refractivity contribution in [3.8, 4) is 6.07 Å². The summed E-state index contributed by atoms with van der Waals surface area (Å²) in [6, 6.07) is 19.0.